The second-order valence-electron chi connectivity index (χ2n) is 6.84. The van der Waals surface area contributed by atoms with E-state index in [0.29, 0.717) is 6.54 Å². The Bertz CT molecular complexity index is 308. The summed E-state index contributed by atoms with van der Waals surface area (Å²) in [5.74, 6) is 0.873. The summed E-state index contributed by atoms with van der Waals surface area (Å²) in [5, 5.41) is 2.95. The molecule has 1 amide bonds. The number of nitrogens with zero attached hydrogens (tertiary/aromatic N) is 1. The molecular weight excluding hydrogens is 280 g/mol. The Morgan fingerprint density at radius 2 is 2.09 bits per heavy atom. The molecule has 0 radical (unpaired) electrons. The van der Waals surface area contributed by atoms with E-state index >= 15 is 0 Å². The van der Waals surface area contributed by atoms with Gasteiger partial charge in [-0.1, -0.05) is 27.7 Å². The summed E-state index contributed by atoms with van der Waals surface area (Å²) in [6, 6.07) is 0. The first-order valence-corrected chi connectivity index (χ1v) is 8.68. The molecule has 0 aromatic rings. The van der Waals surface area contributed by atoms with Gasteiger partial charge in [0.05, 0.1) is 19.3 Å². The second kappa shape index (κ2) is 11.0. The molecule has 5 heteroatoms. The van der Waals surface area contributed by atoms with E-state index in [2.05, 4.69) is 24.1 Å². The zero-order chi connectivity index (χ0) is 16.4. The van der Waals surface area contributed by atoms with Gasteiger partial charge in [0.1, 0.15) is 0 Å². The summed E-state index contributed by atoms with van der Waals surface area (Å²) >= 11 is 0. The smallest absolute Gasteiger partial charge is 0.222 e. The minimum atomic E-state index is 0.0268. The van der Waals surface area contributed by atoms with Gasteiger partial charge in [-0.3, -0.25) is 9.69 Å². The van der Waals surface area contributed by atoms with Crippen LogP contribution < -0.4 is 5.32 Å². The van der Waals surface area contributed by atoms with Crippen LogP contribution >= 0.6 is 0 Å². The van der Waals surface area contributed by atoms with Crippen LogP contribution in [0.4, 0.5) is 0 Å². The minimum absolute atomic E-state index is 0.0268. The van der Waals surface area contributed by atoms with Crippen LogP contribution in [0.25, 0.3) is 0 Å². The molecule has 1 atom stereocenters. The molecule has 1 unspecified atom stereocenters. The van der Waals surface area contributed by atoms with Crippen molar-refractivity contribution >= 4 is 5.91 Å². The lowest BCUT2D eigenvalue weighted by molar-refractivity contribution is -0.125. The summed E-state index contributed by atoms with van der Waals surface area (Å²) in [7, 11) is 0. The van der Waals surface area contributed by atoms with Gasteiger partial charge in [0, 0.05) is 38.7 Å². The number of rotatable bonds is 10. The van der Waals surface area contributed by atoms with Gasteiger partial charge in [-0.2, -0.15) is 0 Å². The third-order valence-corrected chi connectivity index (χ3v) is 3.87. The summed E-state index contributed by atoms with van der Waals surface area (Å²) < 4.78 is 11.4. The normalized spacial score (nSPS) is 19.8. The number of ether oxygens (including phenoxy) is 2. The van der Waals surface area contributed by atoms with E-state index in [1.807, 2.05) is 13.8 Å². The first-order chi connectivity index (χ1) is 10.5. The van der Waals surface area contributed by atoms with Crippen LogP contribution in [0.5, 0.6) is 0 Å². The maximum absolute atomic E-state index is 11.6. The highest BCUT2D eigenvalue weighted by molar-refractivity contribution is 5.77. The highest BCUT2D eigenvalue weighted by Crippen LogP contribution is 2.06. The van der Waals surface area contributed by atoms with Crippen molar-refractivity contribution in [2.45, 2.75) is 46.6 Å². The molecule has 1 N–H and O–H groups in total. The second-order valence-corrected chi connectivity index (χ2v) is 6.84. The van der Waals surface area contributed by atoms with Crippen molar-refractivity contribution in [2.75, 3.05) is 46.0 Å². The lowest BCUT2D eigenvalue weighted by Crippen LogP contribution is -2.48. The van der Waals surface area contributed by atoms with Gasteiger partial charge in [0.15, 0.2) is 0 Å². The van der Waals surface area contributed by atoms with E-state index in [4.69, 9.17) is 9.47 Å². The Morgan fingerprint density at radius 3 is 2.77 bits per heavy atom. The number of carbonyl (C=O) groups is 1. The van der Waals surface area contributed by atoms with E-state index in [9.17, 15) is 4.79 Å². The summed E-state index contributed by atoms with van der Waals surface area (Å²) in [6.45, 7) is 14.0. The van der Waals surface area contributed by atoms with Crippen LogP contribution in [0, 0.1) is 11.8 Å². The molecule has 1 heterocycles. The maximum atomic E-state index is 11.6. The summed E-state index contributed by atoms with van der Waals surface area (Å²) in [4.78, 5) is 13.9. The third-order valence-electron chi connectivity index (χ3n) is 3.87. The fourth-order valence-corrected chi connectivity index (χ4v) is 2.41. The standard InChI is InChI=1S/C17H34N2O3/c1-14(2)6-5-9-21-10-7-19-8-11-22-16(13-19)12-18-17(20)15(3)4/h14-16H,5-13H2,1-4H3,(H,18,20). The maximum Gasteiger partial charge on any atom is 0.222 e. The van der Waals surface area contributed by atoms with Gasteiger partial charge >= 0.3 is 0 Å². The van der Waals surface area contributed by atoms with Crippen LogP contribution in [0.2, 0.25) is 0 Å². The molecular formula is C17H34N2O3. The van der Waals surface area contributed by atoms with Crippen molar-refractivity contribution in [3.63, 3.8) is 0 Å². The minimum Gasteiger partial charge on any atom is -0.380 e. The molecule has 5 nitrogen and oxygen atoms in total. The molecule has 0 saturated carbocycles. The largest absolute Gasteiger partial charge is 0.380 e. The Morgan fingerprint density at radius 1 is 1.32 bits per heavy atom. The van der Waals surface area contributed by atoms with Crippen molar-refractivity contribution in [2.24, 2.45) is 11.8 Å². The number of hydrogen-bond donors (Lipinski definition) is 1. The van der Waals surface area contributed by atoms with E-state index in [1.54, 1.807) is 0 Å². The first-order valence-electron chi connectivity index (χ1n) is 8.68. The average Bonchev–Trinajstić information content (AvgIpc) is 2.48. The van der Waals surface area contributed by atoms with Crippen molar-refractivity contribution in [1.82, 2.24) is 10.2 Å². The molecule has 1 aliphatic heterocycles. The van der Waals surface area contributed by atoms with E-state index < -0.39 is 0 Å². The lowest BCUT2D eigenvalue weighted by atomic mass is 10.1. The fraction of sp³-hybridized carbons (Fsp3) is 0.941. The lowest BCUT2D eigenvalue weighted by Gasteiger charge is -2.33. The van der Waals surface area contributed by atoms with Crippen molar-refractivity contribution < 1.29 is 14.3 Å². The van der Waals surface area contributed by atoms with Crippen LogP contribution in [0.3, 0.4) is 0 Å². The van der Waals surface area contributed by atoms with Crippen molar-refractivity contribution in [1.29, 1.82) is 0 Å². The number of morpholine rings is 1. The Hall–Kier alpha value is -0.650. The van der Waals surface area contributed by atoms with Crippen LogP contribution in [0.1, 0.15) is 40.5 Å². The predicted octanol–water partition coefficient (Wildman–Crippen LogP) is 1.91. The fourth-order valence-electron chi connectivity index (χ4n) is 2.41. The summed E-state index contributed by atoms with van der Waals surface area (Å²) in [5.41, 5.74) is 0. The first kappa shape index (κ1) is 19.4. The topological polar surface area (TPSA) is 50.8 Å². The van der Waals surface area contributed by atoms with Gasteiger partial charge in [-0.15, -0.1) is 0 Å². The highest BCUT2D eigenvalue weighted by Gasteiger charge is 2.21. The Balaban J connectivity index is 2.09. The zero-order valence-corrected chi connectivity index (χ0v) is 14.8. The molecule has 0 aromatic carbocycles. The molecule has 0 aromatic heterocycles. The molecule has 1 saturated heterocycles. The van der Waals surface area contributed by atoms with Gasteiger partial charge in [-0.25, -0.2) is 0 Å². The van der Waals surface area contributed by atoms with E-state index in [1.165, 1.54) is 6.42 Å². The van der Waals surface area contributed by atoms with Crippen molar-refractivity contribution in [3.8, 4) is 0 Å². The molecule has 0 aliphatic carbocycles. The molecule has 22 heavy (non-hydrogen) atoms. The number of carbonyl (C=O) groups excluding carboxylic acids is 1. The third kappa shape index (κ3) is 8.71. The monoisotopic (exact) mass is 314 g/mol. The Kier molecular flexibility index (Phi) is 9.68. The van der Waals surface area contributed by atoms with Crippen molar-refractivity contribution in [3.05, 3.63) is 0 Å². The number of nitrogens with one attached hydrogen (secondary N) is 1. The van der Waals surface area contributed by atoms with Gasteiger partial charge < -0.3 is 14.8 Å². The van der Waals surface area contributed by atoms with Gasteiger partial charge in [-0.05, 0) is 18.8 Å². The van der Waals surface area contributed by atoms with Crippen LogP contribution in [0.15, 0.2) is 0 Å². The predicted molar refractivity (Wildman–Crippen MR) is 88.9 cm³/mol. The average molecular weight is 314 g/mol. The van der Waals surface area contributed by atoms with E-state index in [-0.39, 0.29) is 17.9 Å². The molecule has 1 fully saturated rings. The molecule has 1 rings (SSSR count). The van der Waals surface area contributed by atoms with Gasteiger partial charge in [0.25, 0.3) is 0 Å². The molecule has 130 valence electrons. The van der Waals surface area contributed by atoms with Gasteiger partial charge in [0.2, 0.25) is 5.91 Å². The molecule has 0 bridgehead atoms. The number of amides is 1. The quantitative estimate of drug-likeness (QED) is 0.626. The SMILES string of the molecule is CC(C)CCCOCCN1CCOC(CNC(=O)C(C)C)C1. The molecule has 1 aliphatic rings. The highest BCUT2D eigenvalue weighted by atomic mass is 16.5. The van der Waals surface area contributed by atoms with Crippen LogP contribution in [-0.2, 0) is 14.3 Å². The Labute approximate surface area is 135 Å². The van der Waals surface area contributed by atoms with Crippen LogP contribution in [-0.4, -0.2) is 62.9 Å². The molecule has 0 spiro atoms. The summed E-state index contributed by atoms with van der Waals surface area (Å²) in [6.07, 6.45) is 2.47. The zero-order valence-electron chi connectivity index (χ0n) is 14.8. The number of hydrogen-bond acceptors (Lipinski definition) is 4. The van der Waals surface area contributed by atoms with E-state index in [0.717, 1.165) is 51.8 Å².